The van der Waals surface area contributed by atoms with Gasteiger partial charge in [-0.1, -0.05) is 41.9 Å². The zero-order valence-electron chi connectivity index (χ0n) is 21.5. The smallest absolute Gasteiger partial charge is 0.336 e. The summed E-state index contributed by atoms with van der Waals surface area (Å²) in [6, 6.07) is 13.8. The third kappa shape index (κ3) is 6.18. The molecule has 0 radical (unpaired) electrons. The number of rotatable bonds is 9. The maximum atomic E-state index is 13.5. The zero-order chi connectivity index (χ0) is 27.3. The van der Waals surface area contributed by atoms with Gasteiger partial charge in [-0.2, -0.15) is 0 Å². The van der Waals surface area contributed by atoms with Gasteiger partial charge in [-0.05, 0) is 38.1 Å². The van der Waals surface area contributed by atoms with Crippen LogP contribution in [0.2, 0.25) is 5.02 Å². The minimum absolute atomic E-state index is 0.105. The van der Waals surface area contributed by atoms with E-state index in [4.69, 9.17) is 21.1 Å². The van der Waals surface area contributed by atoms with Crippen LogP contribution in [0.15, 0.2) is 71.1 Å². The molecule has 2 aromatic rings. The van der Waals surface area contributed by atoms with Crippen LogP contribution in [-0.2, 0) is 25.6 Å². The summed E-state index contributed by atoms with van der Waals surface area (Å²) < 4.78 is 10.7. The lowest BCUT2D eigenvalue weighted by molar-refractivity contribution is -0.384. The topological polar surface area (TPSA) is 102 Å². The van der Waals surface area contributed by atoms with E-state index in [1.807, 2.05) is 42.3 Å². The predicted molar refractivity (Wildman–Crippen MR) is 140 cm³/mol. The first-order valence-electron chi connectivity index (χ1n) is 11.6. The number of likely N-dealkylation sites (N-methyl/N-ethyl adjacent to an activating group) is 1. The van der Waals surface area contributed by atoms with Crippen LogP contribution in [0.1, 0.15) is 30.9 Å². The second-order valence-electron chi connectivity index (χ2n) is 8.80. The van der Waals surface area contributed by atoms with Crippen molar-refractivity contribution in [3.05, 3.63) is 97.3 Å². The lowest BCUT2D eigenvalue weighted by Gasteiger charge is -2.35. The lowest BCUT2D eigenvalue weighted by atomic mass is 9.79. The van der Waals surface area contributed by atoms with Crippen molar-refractivity contribution in [2.75, 3.05) is 34.4 Å². The van der Waals surface area contributed by atoms with Crippen LogP contribution in [0.4, 0.5) is 5.69 Å². The number of allylic oxidation sites excluding steroid dienone is 2. The van der Waals surface area contributed by atoms with Crippen LogP contribution >= 0.6 is 11.6 Å². The summed E-state index contributed by atoms with van der Waals surface area (Å²) in [6.45, 7) is 4.71. The molecule has 0 aromatic heterocycles. The van der Waals surface area contributed by atoms with Crippen molar-refractivity contribution in [3.63, 3.8) is 0 Å². The maximum absolute atomic E-state index is 13.5. The van der Waals surface area contributed by atoms with Crippen LogP contribution in [0.5, 0.6) is 0 Å². The molecule has 1 heterocycles. The molecule has 0 saturated heterocycles. The van der Waals surface area contributed by atoms with Crippen molar-refractivity contribution in [3.8, 4) is 0 Å². The van der Waals surface area contributed by atoms with Crippen molar-refractivity contribution in [2.24, 2.45) is 0 Å². The van der Waals surface area contributed by atoms with Crippen molar-refractivity contribution in [1.82, 2.24) is 9.80 Å². The van der Waals surface area contributed by atoms with Gasteiger partial charge < -0.3 is 14.4 Å². The molecule has 0 fully saturated rings. The Kier molecular flexibility index (Phi) is 9.07. The number of methoxy groups -OCH3 is 1. The number of hydrogen-bond acceptors (Lipinski definition) is 8. The van der Waals surface area contributed by atoms with E-state index in [1.165, 1.54) is 25.3 Å². The summed E-state index contributed by atoms with van der Waals surface area (Å²) in [6.07, 6.45) is 0. The summed E-state index contributed by atoms with van der Waals surface area (Å²) in [5.41, 5.74) is 2.57. The first-order chi connectivity index (χ1) is 17.6. The molecule has 1 aliphatic rings. The molecular formula is C27H30ClN3O6. The molecular weight excluding hydrogens is 498 g/mol. The first kappa shape index (κ1) is 27.9. The molecule has 3 rings (SSSR count). The van der Waals surface area contributed by atoms with Gasteiger partial charge in [0.1, 0.15) is 6.61 Å². The van der Waals surface area contributed by atoms with Gasteiger partial charge in [0.15, 0.2) is 0 Å². The van der Waals surface area contributed by atoms with Gasteiger partial charge in [0.2, 0.25) is 0 Å². The highest BCUT2D eigenvalue weighted by Gasteiger charge is 2.41. The van der Waals surface area contributed by atoms with Gasteiger partial charge in [0.25, 0.3) is 5.69 Å². The molecule has 1 aliphatic heterocycles. The van der Waals surface area contributed by atoms with Crippen molar-refractivity contribution < 1.29 is 24.0 Å². The highest BCUT2D eigenvalue weighted by atomic mass is 35.5. The molecule has 10 heteroatoms. The Balaban J connectivity index is 1.94. The summed E-state index contributed by atoms with van der Waals surface area (Å²) in [5.74, 6) is -2.32. The van der Waals surface area contributed by atoms with Crippen LogP contribution in [0.3, 0.4) is 0 Å². The molecule has 1 unspecified atom stereocenters. The van der Waals surface area contributed by atoms with Gasteiger partial charge in [0, 0.05) is 48.7 Å². The van der Waals surface area contributed by atoms with E-state index < -0.39 is 22.8 Å². The molecule has 2 aromatic carbocycles. The van der Waals surface area contributed by atoms with Gasteiger partial charge in [-0.15, -0.1) is 0 Å². The molecule has 37 heavy (non-hydrogen) atoms. The maximum Gasteiger partial charge on any atom is 0.336 e. The van der Waals surface area contributed by atoms with E-state index in [0.29, 0.717) is 24.5 Å². The number of nitro groups is 1. The van der Waals surface area contributed by atoms with E-state index in [0.717, 1.165) is 5.56 Å². The molecule has 0 N–H and O–H groups in total. The highest BCUT2D eigenvalue weighted by molar-refractivity contribution is 6.31. The molecule has 0 bridgehead atoms. The fraction of sp³-hybridized carbons (Fsp3) is 0.333. The Morgan fingerprint density at radius 2 is 1.70 bits per heavy atom. The Hall–Kier alpha value is -3.69. The van der Waals surface area contributed by atoms with Crippen LogP contribution in [-0.4, -0.2) is 61.0 Å². The first-order valence-corrected chi connectivity index (χ1v) is 12.0. The van der Waals surface area contributed by atoms with Crippen molar-refractivity contribution >= 4 is 29.2 Å². The fourth-order valence-corrected chi connectivity index (χ4v) is 4.57. The normalized spacial score (nSPS) is 15.8. The Morgan fingerprint density at radius 1 is 1.08 bits per heavy atom. The number of non-ortho nitro benzene ring substituents is 1. The number of ether oxygens (including phenoxy) is 2. The van der Waals surface area contributed by atoms with Crippen LogP contribution in [0, 0.1) is 10.1 Å². The van der Waals surface area contributed by atoms with Crippen molar-refractivity contribution in [1.29, 1.82) is 0 Å². The minimum Gasteiger partial charge on any atom is -0.466 e. The predicted octanol–water partition coefficient (Wildman–Crippen LogP) is 4.67. The number of nitrogens with zero attached hydrogens (tertiary/aromatic N) is 3. The number of nitro benzene ring substituents is 1. The number of benzene rings is 2. The van der Waals surface area contributed by atoms with Gasteiger partial charge in [-0.25, -0.2) is 9.59 Å². The zero-order valence-corrected chi connectivity index (χ0v) is 22.2. The van der Waals surface area contributed by atoms with E-state index in [2.05, 4.69) is 0 Å². The second-order valence-corrected chi connectivity index (χ2v) is 9.21. The Morgan fingerprint density at radius 3 is 2.30 bits per heavy atom. The molecule has 1 atom stereocenters. The molecule has 9 nitrogen and oxygen atoms in total. The average molecular weight is 528 g/mol. The lowest BCUT2D eigenvalue weighted by Crippen LogP contribution is -2.34. The Bertz CT molecular complexity index is 1260. The van der Waals surface area contributed by atoms with Gasteiger partial charge in [0.05, 0.1) is 29.1 Å². The van der Waals surface area contributed by atoms with Gasteiger partial charge in [-0.3, -0.25) is 15.0 Å². The summed E-state index contributed by atoms with van der Waals surface area (Å²) in [5, 5.41) is 11.7. The van der Waals surface area contributed by atoms with E-state index in [9.17, 15) is 19.7 Å². The summed E-state index contributed by atoms with van der Waals surface area (Å²) >= 11 is 6.48. The van der Waals surface area contributed by atoms with Crippen LogP contribution in [0.25, 0.3) is 0 Å². The highest BCUT2D eigenvalue weighted by Crippen LogP contribution is 2.45. The molecule has 0 amide bonds. The fourth-order valence-electron chi connectivity index (χ4n) is 4.34. The van der Waals surface area contributed by atoms with Crippen LogP contribution < -0.4 is 0 Å². The summed E-state index contributed by atoms with van der Waals surface area (Å²) in [4.78, 5) is 41.1. The van der Waals surface area contributed by atoms with Gasteiger partial charge >= 0.3 is 11.9 Å². The number of carbonyl (C=O) groups is 2. The molecule has 0 spiro atoms. The number of hydrogen-bond donors (Lipinski definition) is 0. The third-order valence-electron chi connectivity index (χ3n) is 6.49. The number of carbonyl (C=O) groups excluding carboxylic acids is 2. The monoisotopic (exact) mass is 527 g/mol. The second kappa shape index (κ2) is 12.0. The summed E-state index contributed by atoms with van der Waals surface area (Å²) in [7, 11) is 4.88. The quantitative estimate of drug-likeness (QED) is 0.263. The Labute approximate surface area is 221 Å². The minimum atomic E-state index is -1.01. The largest absolute Gasteiger partial charge is 0.466 e. The van der Waals surface area contributed by atoms with E-state index in [-0.39, 0.29) is 34.0 Å². The average Bonchev–Trinajstić information content (AvgIpc) is 2.87. The van der Waals surface area contributed by atoms with E-state index >= 15 is 0 Å². The molecule has 0 aliphatic carbocycles. The standard InChI is InChI=1S/C27H30ClN3O6/c1-17-23(26(32)36-5)25(21-15-20(31(34)35)11-12-22(21)28)24(18(2)30(17)4)27(33)37-14-13-29(3)16-19-9-7-6-8-10-19/h6-12,15,25H,13-14,16H2,1-5H3. The number of halogens is 1. The molecule has 196 valence electrons. The molecule has 0 saturated carbocycles. The SMILES string of the molecule is COC(=O)C1=C(C)N(C)C(C)=C(C(=O)OCCN(C)Cc2ccccc2)C1c1cc([N+](=O)[O-])ccc1Cl. The number of esters is 2. The van der Waals surface area contributed by atoms with E-state index in [1.54, 1.807) is 25.8 Å². The van der Waals surface area contributed by atoms with Crippen molar-refractivity contribution in [2.45, 2.75) is 26.3 Å². The third-order valence-corrected chi connectivity index (χ3v) is 6.84.